The van der Waals surface area contributed by atoms with E-state index in [-0.39, 0.29) is 17.7 Å². The number of rotatable bonds is 7. The van der Waals surface area contributed by atoms with E-state index in [1.54, 1.807) is 6.92 Å². The molecule has 24 heavy (non-hydrogen) atoms. The Morgan fingerprint density at radius 1 is 1.04 bits per heavy atom. The fourth-order valence-corrected chi connectivity index (χ4v) is 2.38. The summed E-state index contributed by atoms with van der Waals surface area (Å²) in [7, 11) is 0. The quantitative estimate of drug-likeness (QED) is 0.574. The summed E-state index contributed by atoms with van der Waals surface area (Å²) >= 11 is 0. The number of carbonyl (C=O) groups is 2. The largest absolute Gasteiger partial charge is 0.480 e. The lowest BCUT2D eigenvalue weighted by Crippen LogP contribution is -2.47. The zero-order chi connectivity index (χ0) is 20.1. The first-order chi connectivity index (χ1) is 10.8. The summed E-state index contributed by atoms with van der Waals surface area (Å²) in [4.78, 5) is 23.4. The molecule has 1 atom stereocenters. The van der Waals surface area contributed by atoms with Gasteiger partial charge in [-0.3, -0.25) is 4.79 Å². The lowest BCUT2D eigenvalue weighted by atomic mass is 9.75. The van der Waals surface area contributed by atoms with Crippen LogP contribution < -0.4 is 5.32 Å². The van der Waals surface area contributed by atoms with E-state index in [9.17, 15) is 9.59 Å². The average Bonchev–Trinajstić information content (AvgIpc) is 2.44. The smallest absolute Gasteiger partial charge is 0.326 e. The van der Waals surface area contributed by atoms with Gasteiger partial charge in [-0.15, -0.1) is 0 Å². The van der Waals surface area contributed by atoms with Crippen LogP contribution >= 0.6 is 0 Å². The van der Waals surface area contributed by atoms with Gasteiger partial charge in [-0.1, -0.05) is 62.3 Å². The maximum atomic E-state index is 12.3. The summed E-state index contributed by atoms with van der Waals surface area (Å²) < 4.78 is 0. The Labute approximate surface area is 149 Å². The molecule has 0 saturated carbocycles. The van der Waals surface area contributed by atoms with Gasteiger partial charge in [0.15, 0.2) is 0 Å². The van der Waals surface area contributed by atoms with Crippen LogP contribution in [-0.4, -0.2) is 28.7 Å². The Bertz CT molecular complexity index is 383. The molecule has 5 nitrogen and oxygen atoms in total. The molecule has 0 aromatic heterocycles. The zero-order valence-electron chi connectivity index (χ0n) is 17.5. The molecule has 0 aliphatic rings. The highest BCUT2D eigenvalue weighted by Gasteiger charge is 2.34. The first-order valence-electron chi connectivity index (χ1n) is 8.93. The highest BCUT2D eigenvalue weighted by Crippen LogP contribution is 2.33. The van der Waals surface area contributed by atoms with Crippen LogP contribution in [0, 0.1) is 16.2 Å². The summed E-state index contributed by atoms with van der Waals surface area (Å²) in [6, 6.07) is -0.929. The minimum atomic E-state index is -1.05. The van der Waals surface area contributed by atoms with Crippen LogP contribution in [0.5, 0.6) is 0 Å². The molecular weight excluding hydrogens is 304 g/mol. The van der Waals surface area contributed by atoms with Crippen LogP contribution in [0.2, 0.25) is 0 Å². The number of carboxylic acids is 1. The van der Waals surface area contributed by atoms with E-state index in [1.807, 2.05) is 41.5 Å². The van der Waals surface area contributed by atoms with Gasteiger partial charge in [0.05, 0.1) is 0 Å². The Kier molecular flexibility index (Phi) is 14.8. The van der Waals surface area contributed by atoms with Gasteiger partial charge in [0.25, 0.3) is 0 Å². The van der Waals surface area contributed by atoms with Crippen molar-refractivity contribution in [2.75, 3.05) is 0 Å². The molecule has 0 fully saturated rings. The number of carboxylic acid groups (broad SMARTS) is 1. The van der Waals surface area contributed by atoms with Crippen LogP contribution in [0.3, 0.4) is 0 Å². The first-order valence-corrected chi connectivity index (χ1v) is 8.93. The van der Waals surface area contributed by atoms with Crippen LogP contribution in [0.25, 0.3) is 0 Å². The fraction of sp³-hybridized carbons (Fsp3) is 0.842. The Morgan fingerprint density at radius 3 is 1.75 bits per heavy atom. The number of aliphatic carboxylic acids is 1. The Morgan fingerprint density at radius 2 is 1.46 bits per heavy atom. The summed E-state index contributed by atoms with van der Waals surface area (Å²) in [5, 5.41) is 19.1. The molecule has 5 heteroatoms. The van der Waals surface area contributed by atoms with Crippen molar-refractivity contribution in [3.8, 4) is 0 Å². The Balaban J connectivity index is -0.00000102. The van der Waals surface area contributed by atoms with Crippen molar-refractivity contribution in [3.63, 3.8) is 0 Å². The van der Waals surface area contributed by atoms with E-state index < -0.39 is 17.4 Å². The second-order valence-electron chi connectivity index (χ2n) is 7.30. The van der Waals surface area contributed by atoms with E-state index in [4.69, 9.17) is 10.5 Å². The van der Waals surface area contributed by atoms with Crippen molar-refractivity contribution in [2.24, 2.45) is 10.8 Å². The lowest BCUT2D eigenvalue weighted by Gasteiger charge is -2.32. The molecule has 0 bridgehead atoms. The number of hydrogen-bond acceptors (Lipinski definition) is 3. The second-order valence-corrected chi connectivity index (χ2v) is 7.30. The van der Waals surface area contributed by atoms with E-state index in [0.717, 1.165) is 0 Å². The highest BCUT2D eigenvalue weighted by atomic mass is 16.4. The number of carbonyl (C=O) groups excluding carboxylic acids is 1. The molecule has 0 rings (SSSR count). The maximum absolute atomic E-state index is 12.3. The van der Waals surface area contributed by atoms with E-state index in [0.29, 0.717) is 18.6 Å². The standard InChI is InChI=1S/C15H28N2O3.2C2H6/c1-10(16)7-8-11(12(18)19)17-13(20)15(5,6)9-14(2,3)4;2*1-2/h11,16H,7-9H2,1-6H3,(H,17,20)(H,18,19);2*1-2H3/t11-;;/m1../s1. The van der Waals surface area contributed by atoms with Crippen molar-refractivity contribution < 1.29 is 14.7 Å². The summed E-state index contributed by atoms with van der Waals surface area (Å²) in [6.07, 6.45) is 1.29. The second kappa shape index (κ2) is 13.0. The SMILES string of the molecule is CC.CC.CC(=N)CC[C@@H](NC(=O)C(C)(C)CC(C)(C)C)C(=O)O. The lowest BCUT2D eigenvalue weighted by molar-refractivity contribution is -0.144. The van der Waals surface area contributed by atoms with Crippen LogP contribution in [0.15, 0.2) is 0 Å². The van der Waals surface area contributed by atoms with Gasteiger partial charge in [0.1, 0.15) is 6.04 Å². The molecule has 144 valence electrons. The zero-order valence-corrected chi connectivity index (χ0v) is 17.5. The molecule has 0 aliphatic heterocycles. The van der Waals surface area contributed by atoms with Gasteiger partial charge in [-0.05, 0) is 31.6 Å². The molecule has 0 aromatic carbocycles. The number of amides is 1. The van der Waals surface area contributed by atoms with Gasteiger partial charge < -0.3 is 15.8 Å². The molecule has 0 saturated heterocycles. The van der Waals surface area contributed by atoms with Gasteiger partial charge >= 0.3 is 5.97 Å². The molecule has 0 radical (unpaired) electrons. The average molecular weight is 345 g/mol. The van der Waals surface area contributed by atoms with Crippen molar-refractivity contribution >= 4 is 17.6 Å². The van der Waals surface area contributed by atoms with Crippen molar-refractivity contribution in [1.82, 2.24) is 5.32 Å². The third-order valence-electron chi connectivity index (χ3n) is 3.00. The van der Waals surface area contributed by atoms with Gasteiger partial charge in [-0.2, -0.15) is 0 Å². The third kappa shape index (κ3) is 14.2. The molecule has 1 amide bonds. The maximum Gasteiger partial charge on any atom is 0.326 e. The molecular formula is C19H40N2O3. The number of hydrogen-bond donors (Lipinski definition) is 3. The van der Waals surface area contributed by atoms with Crippen molar-refractivity contribution in [3.05, 3.63) is 0 Å². The third-order valence-corrected chi connectivity index (χ3v) is 3.00. The molecule has 0 aliphatic carbocycles. The molecule has 0 spiro atoms. The summed E-state index contributed by atoms with van der Waals surface area (Å²) in [5.41, 5.74) is -0.212. The van der Waals surface area contributed by atoms with Crippen molar-refractivity contribution in [1.29, 1.82) is 5.41 Å². The van der Waals surface area contributed by atoms with Gasteiger partial charge in [-0.25, -0.2) is 4.79 Å². The number of nitrogens with one attached hydrogen (secondary N) is 2. The minimum absolute atomic E-state index is 0.00882. The van der Waals surface area contributed by atoms with E-state index >= 15 is 0 Å². The van der Waals surface area contributed by atoms with Crippen molar-refractivity contribution in [2.45, 2.75) is 94.5 Å². The highest BCUT2D eigenvalue weighted by molar-refractivity contribution is 5.87. The first kappa shape index (κ1) is 27.5. The molecule has 3 N–H and O–H groups in total. The summed E-state index contributed by atoms with van der Waals surface area (Å²) in [6.45, 7) is 19.4. The Hall–Kier alpha value is -1.39. The van der Waals surface area contributed by atoms with Gasteiger partial charge in [0.2, 0.25) is 5.91 Å². The summed E-state index contributed by atoms with van der Waals surface area (Å²) in [5.74, 6) is -1.30. The molecule has 0 heterocycles. The van der Waals surface area contributed by atoms with Crippen LogP contribution in [-0.2, 0) is 9.59 Å². The minimum Gasteiger partial charge on any atom is -0.480 e. The molecule has 0 aromatic rings. The topological polar surface area (TPSA) is 90.3 Å². The van der Waals surface area contributed by atoms with Crippen LogP contribution in [0.1, 0.15) is 88.5 Å². The predicted octanol–water partition coefficient (Wildman–Crippen LogP) is 4.89. The molecule has 0 unspecified atom stereocenters. The van der Waals surface area contributed by atoms with Gasteiger partial charge in [0, 0.05) is 11.1 Å². The predicted molar refractivity (Wildman–Crippen MR) is 103 cm³/mol. The fourth-order valence-electron chi connectivity index (χ4n) is 2.38. The van der Waals surface area contributed by atoms with Crippen LogP contribution in [0.4, 0.5) is 0 Å². The van der Waals surface area contributed by atoms with E-state index in [1.165, 1.54) is 0 Å². The normalized spacial score (nSPS) is 11.9. The van der Waals surface area contributed by atoms with E-state index in [2.05, 4.69) is 26.1 Å². The monoisotopic (exact) mass is 344 g/mol.